The molecule has 0 atom stereocenters. The topological polar surface area (TPSA) is 37.9 Å². The predicted molar refractivity (Wildman–Crippen MR) is 184 cm³/mol. The van der Waals surface area contributed by atoms with Gasteiger partial charge in [0.1, 0.15) is 0 Å². The molecule has 8 nitrogen and oxygen atoms in total. The van der Waals surface area contributed by atoms with Crippen LogP contribution in [0.3, 0.4) is 0 Å². The highest BCUT2D eigenvalue weighted by Crippen LogP contribution is 2.20. The monoisotopic (exact) mass is 611 g/mol. The molecule has 0 spiro atoms. The van der Waals surface area contributed by atoms with Crippen molar-refractivity contribution in [3.05, 3.63) is 0 Å². The van der Waals surface area contributed by atoms with Gasteiger partial charge in [0.15, 0.2) is 0 Å². The summed E-state index contributed by atoms with van der Waals surface area (Å²) in [5.74, 6) is 0.910. The Morgan fingerprint density at radius 1 is 0.558 bits per heavy atom. The third-order valence-electron chi connectivity index (χ3n) is 9.69. The minimum atomic E-state index is 0.362. The largest absolute Gasteiger partial charge is 0.377 e. The molecule has 0 radical (unpaired) electrons. The highest BCUT2D eigenvalue weighted by molar-refractivity contribution is 4.83. The van der Waals surface area contributed by atoms with Gasteiger partial charge in [0.25, 0.3) is 0 Å². The van der Waals surface area contributed by atoms with Gasteiger partial charge in [0.2, 0.25) is 0 Å². The van der Waals surface area contributed by atoms with Crippen LogP contribution < -0.4 is 0 Å². The first-order valence-corrected chi connectivity index (χ1v) is 18.3. The van der Waals surface area contributed by atoms with Gasteiger partial charge < -0.3 is 24.2 Å². The number of hydrogen-bond donors (Lipinski definition) is 0. The SMILES string of the molecule is CC.CC(C)OCCN1CCC(CN2CCN(C(C)C)CC2)CC1.CC(C)OCCN1CCN(C2CCN(C)CC2)CC1. The Bertz CT molecular complexity index is 649. The molecular formula is C35H74N6O2. The van der Waals surface area contributed by atoms with Gasteiger partial charge in [-0.3, -0.25) is 14.7 Å². The van der Waals surface area contributed by atoms with Crippen molar-refractivity contribution in [2.75, 3.05) is 118 Å². The van der Waals surface area contributed by atoms with Gasteiger partial charge in [0, 0.05) is 84.1 Å². The first-order chi connectivity index (χ1) is 20.7. The summed E-state index contributed by atoms with van der Waals surface area (Å²) < 4.78 is 11.3. The summed E-state index contributed by atoms with van der Waals surface area (Å²) in [7, 11) is 2.24. The quantitative estimate of drug-likeness (QED) is 0.324. The Kier molecular flexibility index (Phi) is 20.1. The van der Waals surface area contributed by atoms with E-state index in [1.807, 2.05) is 13.8 Å². The van der Waals surface area contributed by atoms with E-state index in [1.54, 1.807) is 0 Å². The molecular weight excluding hydrogens is 536 g/mol. The maximum absolute atomic E-state index is 5.67. The molecule has 4 saturated heterocycles. The number of likely N-dealkylation sites (tertiary alicyclic amines) is 2. The van der Waals surface area contributed by atoms with E-state index in [9.17, 15) is 0 Å². The van der Waals surface area contributed by atoms with E-state index in [0.29, 0.717) is 18.2 Å². The lowest BCUT2D eigenvalue weighted by Gasteiger charge is -2.42. The number of piperidine rings is 2. The lowest BCUT2D eigenvalue weighted by Crippen LogP contribution is -2.53. The second kappa shape index (κ2) is 22.2. The summed E-state index contributed by atoms with van der Waals surface area (Å²) in [6.45, 7) is 37.4. The molecule has 0 aromatic carbocycles. The molecule has 4 aliphatic rings. The van der Waals surface area contributed by atoms with Crippen molar-refractivity contribution in [2.24, 2.45) is 5.92 Å². The Morgan fingerprint density at radius 3 is 1.49 bits per heavy atom. The van der Waals surface area contributed by atoms with Gasteiger partial charge in [-0.1, -0.05) is 13.8 Å². The van der Waals surface area contributed by atoms with Crippen LogP contribution in [0.2, 0.25) is 0 Å². The first-order valence-electron chi connectivity index (χ1n) is 18.3. The van der Waals surface area contributed by atoms with Crippen LogP contribution in [0.15, 0.2) is 0 Å². The average Bonchev–Trinajstić information content (AvgIpc) is 3.00. The van der Waals surface area contributed by atoms with Crippen molar-refractivity contribution in [1.29, 1.82) is 0 Å². The fraction of sp³-hybridized carbons (Fsp3) is 1.00. The third-order valence-corrected chi connectivity index (χ3v) is 9.69. The lowest BCUT2D eigenvalue weighted by molar-refractivity contribution is 0.0294. The van der Waals surface area contributed by atoms with Gasteiger partial charge in [-0.05, 0) is 106 Å². The zero-order valence-electron chi connectivity index (χ0n) is 30.2. The molecule has 0 aromatic rings. The molecule has 0 N–H and O–H groups in total. The Morgan fingerprint density at radius 2 is 1.02 bits per heavy atom. The van der Waals surface area contributed by atoms with Crippen LogP contribution in [0.4, 0.5) is 0 Å². The molecule has 8 heteroatoms. The summed E-state index contributed by atoms with van der Waals surface area (Å²) in [5.41, 5.74) is 0. The molecule has 43 heavy (non-hydrogen) atoms. The molecule has 0 amide bonds. The fourth-order valence-corrected chi connectivity index (χ4v) is 6.77. The van der Waals surface area contributed by atoms with Crippen molar-refractivity contribution in [1.82, 2.24) is 29.4 Å². The molecule has 4 fully saturated rings. The summed E-state index contributed by atoms with van der Waals surface area (Å²) in [6.07, 6.45) is 6.17. The van der Waals surface area contributed by atoms with Crippen molar-refractivity contribution in [3.63, 3.8) is 0 Å². The molecule has 256 valence electrons. The highest BCUT2D eigenvalue weighted by atomic mass is 16.5. The van der Waals surface area contributed by atoms with E-state index < -0.39 is 0 Å². The summed E-state index contributed by atoms with van der Waals surface area (Å²) in [5, 5.41) is 0. The van der Waals surface area contributed by atoms with E-state index in [2.05, 4.69) is 78.0 Å². The van der Waals surface area contributed by atoms with Gasteiger partial charge in [-0.25, -0.2) is 0 Å². The molecule has 4 rings (SSSR count). The van der Waals surface area contributed by atoms with Crippen molar-refractivity contribution in [3.8, 4) is 0 Å². The molecule has 0 unspecified atom stereocenters. The maximum Gasteiger partial charge on any atom is 0.0596 e. The number of rotatable bonds is 12. The number of ether oxygens (including phenoxy) is 2. The third kappa shape index (κ3) is 16.2. The second-order valence-electron chi connectivity index (χ2n) is 14.0. The standard InChI is InChI=1S/C18H37N3O.C15H31N3O.C2H6/c1-16(2)21-11-9-20(10-12-21)15-18-5-7-19(8-6-18)13-14-22-17(3)4;1-14(2)19-13-12-17-8-10-18(11-9-17)15-4-6-16(3)7-5-15;1-2/h16-18H,5-15H2,1-4H3;14-15H,4-13H2,1-3H3;1-2H3. The maximum atomic E-state index is 5.67. The molecule has 0 aliphatic carbocycles. The molecule has 0 bridgehead atoms. The smallest absolute Gasteiger partial charge is 0.0596 e. The van der Waals surface area contributed by atoms with Crippen LogP contribution in [0.25, 0.3) is 0 Å². The molecule has 0 saturated carbocycles. The minimum Gasteiger partial charge on any atom is -0.377 e. The molecule has 0 aromatic heterocycles. The van der Waals surface area contributed by atoms with Crippen LogP contribution in [-0.2, 0) is 9.47 Å². The van der Waals surface area contributed by atoms with Gasteiger partial charge in [-0.2, -0.15) is 0 Å². The van der Waals surface area contributed by atoms with E-state index >= 15 is 0 Å². The van der Waals surface area contributed by atoms with Crippen molar-refractivity contribution in [2.45, 2.75) is 105 Å². The Balaban J connectivity index is 0.000000286. The van der Waals surface area contributed by atoms with E-state index in [4.69, 9.17) is 9.47 Å². The van der Waals surface area contributed by atoms with Gasteiger partial charge >= 0.3 is 0 Å². The molecule has 4 aliphatic heterocycles. The summed E-state index contributed by atoms with van der Waals surface area (Å²) in [4.78, 5) is 15.6. The van der Waals surface area contributed by atoms with Crippen LogP contribution in [0.1, 0.15) is 81.1 Å². The van der Waals surface area contributed by atoms with Crippen LogP contribution >= 0.6 is 0 Å². The van der Waals surface area contributed by atoms with Gasteiger partial charge in [-0.15, -0.1) is 0 Å². The highest BCUT2D eigenvalue weighted by Gasteiger charge is 2.27. The lowest BCUT2D eigenvalue weighted by atomic mass is 9.96. The number of hydrogen-bond acceptors (Lipinski definition) is 8. The Labute approximate surface area is 268 Å². The number of nitrogens with zero attached hydrogens (tertiary/aromatic N) is 6. The first kappa shape index (κ1) is 38.9. The second-order valence-corrected chi connectivity index (χ2v) is 14.0. The fourth-order valence-electron chi connectivity index (χ4n) is 6.77. The zero-order valence-corrected chi connectivity index (χ0v) is 30.2. The normalized spacial score (nSPS) is 23.4. The summed E-state index contributed by atoms with van der Waals surface area (Å²) >= 11 is 0. The minimum absolute atomic E-state index is 0.362. The van der Waals surface area contributed by atoms with E-state index in [1.165, 1.54) is 111 Å². The summed E-state index contributed by atoms with van der Waals surface area (Å²) in [6, 6.07) is 1.55. The average molecular weight is 611 g/mol. The zero-order chi connectivity index (χ0) is 31.6. The Hall–Kier alpha value is -0.320. The van der Waals surface area contributed by atoms with Crippen LogP contribution in [0, 0.1) is 5.92 Å². The number of piperazine rings is 2. The van der Waals surface area contributed by atoms with Crippen molar-refractivity contribution < 1.29 is 9.47 Å². The van der Waals surface area contributed by atoms with Gasteiger partial charge in [0.05, 0.1) is 25.4 Å². The van der Waals surface area contributed by atoms with E-state index in [0.717, 1.165) is 38.3 Å². The van der Waals surface area contributed by atoms with Crippen LogP contribution in [-0.4, -0.2) is 172 Å². The van der Waals surface area contributed by atoms with Crippen molar-refractivity contribution >= 4 is 0 Å². The molecule has 4 heterocycles. The van der Waals surface area contributed by atoms with E-state index in [-0.39, 0.29) is 0 Å². The van der Waals surface area contributed by atoms with Crippen LogP contribution in [0.5, 0.6) is 0 Å². The predicted octanol–water partition coefficient (Wildman–Crippen LogP) is 4.30.